The number of ketones is 1. The predicted molar refractivity (Wildman–Crippen MR) is 82.6 cm³/mol. The highest BCUT2D eigenvalue weighted by Gasteiger charge is 2.20. The van der Waals surface area contributed by atoms with E-state index in [1.165, 1.54) is 26.8 Å². The topological polar surface area (TPSA) is 119 Å². The number of nitrogens with one attached hydrogen (secondary N) is 1. The van der Waals surface area contributed by atoms with Crippen molar-refractivity contribution in [3.8, 4) is 0 Å². The number of hydrogen-bond acceptors (Lipinski definition) is 7. The van der Waals surface area contributed by atoms with Crippen LogP contribution >= 0.6 is 0 Å². The average molecular weight is 339 g/mol. The molecule has 0 bridgehead atoms. The fraction of sp³-hybridized carbons (Fsp3) is 0.500. The van der Waals surface area contributed by atoms with E-state index in [1.807, 2.05) is 0 Å². The summed E-state index contributed by atoms with van der Waals surface area (Å²) in [4.78, 5) is 46.7. The zero-order chi connectivity index (χ0) is 18.3. The van der Waals surface area contributed by atoms with Crippen molar-refractivity contribution in [2.75, 3.05) is 0 Å². The molecule has 4 atom stereocenters. The van der Waals surface area contributed by atoms with Gasteiger partial charge in [0.25, 0.3) is 0 Å². The third kappa shape index (κ3) is 6.74. The lowest BCUT2D eigenvalue weighted by atomic mass is 10.1. The molecule has 0 saturated carbocycles. The number of rotatable bonds is 0. The van der Waals surface area contributed by atoms with Crippen molar-refractivity contribution in [2.24, 2.45) is 0 Å². The van der Waals surface area contributed by atoms with Crippen LogP contribution in [0.3, 0.4) is 0 Å². The standard InChI is InChI=1S/C16H21NO7/c1-9-8-16(22)24-11(3)13(19)4-6-14(20)17-10(2)12(18)5-7-15(21)23-9/h4-7,9-12,18H,8H2,1-3H3,(H,17,20)/b6-4+,7-5+/t9?,10-,11-,12+/m0/s1. The summed E-state index contributed by atoms with van der Waals surface area (Å²) in [6.45, 7) is 4.41. The van der Waals surface area contributed by atoms with Gasteiger partial charge in [0, 0.05) is 12.2 Å². The molecule has 1 aliphatic heterocycles. The van der Waals surface area contributed by atoms with Crippen LogP contribution in [0.4, 0.5) is 0 Å². The van der Waals surface area contributed by atoms with Crippen LogP contribution in [0.1, 0.15) is 27.2 Å². The summed E-state index contributed by atoms with van der Waals surface area (Å²) in [6.07, 6.45) is 0.998. The van der Waals surface area contributed by atoms with Gasteiger partial charge in [0.05, 0.1) is 18.6 Å². The van der Waals surface area contributed by atoms with E-state index in [0.717, 1.165) is 18.2 Å². The fourth-order valence-corrected chi connectivity index (χ4v) is 1.81. The first-order valence-corrected chi connectivity index (χ1v) is 7.47. The molecule has 0 aromatic rings. The highest BCUT2D eigenvalue weighted by molar-refractivity contribution is 6.00. The van der Waals surface area contributed by atoms with Gasteiger partial charge < -0.3 is 19.9 Å². The molecule has 0 aromatic heterocycles. The maximum absolute atomic E-state index is 11.8. The summed E-state index contributed by atoms with van der Waals surface area (Å²) in [5.74, 6) is -2.63. The van der Waals surface area contributed by atoms with Crippen molar-refractivity contribution in [2.45, 2.75) is 51.5 Å². The minimum Gasteiger partial charge on any atom is -0.459 e. The van der Waals surface area contributed by atoms with Crippen molar-refractivity contribution >= 4 is 23.6 Å². The lowest BCUT2D eigenvalue weighted by Crippen LogP contribution is -2.39. The Kier molecular flexibility index (Phi) is 7.31. The van der Waals surface area contributed by atoms with E-state index in [1.54, 1.807) is 0 Å². The molecule has 24 heavy (non-hydrogen) atoms. The number of ether oxygens (including phenoxy) is 2. The van der Waals surface area contributed by atoms with Crippen molar-refractivity contribution in [3.63, 3.8) is 0 Å². The molecule has 8 nitrogen and oxygen atoms in total. The molecule has 1 rings (SSSR count). The molecular weight excluding hydrogens is 318 g/mol. The zero-order valence-electron chi connectivity index (χ0n) is 13.7. The highest BCUT2D eigenvalue weighted by atomic mass is 16.6. The Hall–Kier alpha value is -2.48. The van der Waals surface area contributed by atoms with Gasteiger partial charge in [0.15, 0.2) is 11.9 Å². The molecule has 0 aromatic carbocycles. The van der Waals surface area contributed by atoms with E-state index in [0.29, 0.717) is 0 Å². The summed E-state index contributed by atoms with van der Waals surface area (Å²) >= 11 is 0. The maximum Gasteiger partial charge on any atom is 0.330 e. The first-order valence-electron chi connectivity index (χ1n) is 7.47. The number of carbonyl (C=O) groups is 4. The summed E-state index contributed by atoms with van der Waals surface area (Å²) in [7, 11) is 0. The first-order chi connectivity index (χ1) is 11.2. The van der Waals surface area contributed by atoms with Gasteiger partial charge in [-0.1, -0.05) is 0 Å². The quantitative estimate of drug-likeness (QED) is 0.587. The van der Waals surface area contributed by atoms with Gasteiger partial charge in [-0.25, -0.2) is 4.79 Å². The van der Waals surface area contributed by atoms with Gasteiger partial charge >= 0.3 is 11.9 Å². The molecule has 0 aliphatic carbocycles. The molecule has 0 spiro atoms. The summed E-state index contributed by atoms with van der Waals surface area (Å²) in [6, 6.07) is -0.693. The fourth-order valence-electron chi connectivity index (χ4n) is 1.81. The minimum absolute atomic E-state index is 0.222. The molecule has 0 saturated heterocycles. The smallest absolute Gasteiger partial charge is 0.330 e. The van der Waals surface area contributed by atoms with Crippen molar-refractivity contribution in [3.05, 3.63) is 24.3 Å². The normalized spacial score (nSPS) is 33.2. The second kappa shape index (κ2) is 8.97. The Balaban J connectivity index is 2.93. The molecule has 8 heteroatoms. The van der Waals surface area contributed by atoms with Crippen LogP contribution in [0, 0.1) is 0 Å². The van der Waals surface area contributed by atoms with Gasteiger partial charge in [-0.05, 0) is 32.9 Å². The number of carbonyl (C=O) groups excluding carboxylic acids is 4. The Morgan fingerprint density at radius 2 is 1.71 bits per heavy atom. The number of amides is 1. The second-order valence-corrected chi connectivity index (χ2v) is 5.47. The number of hydrogen-bond donors (Lipinski definition) is 2. The lowest BCUT2D eigenvalue weighted by Gasteiger charge is -2.17. The molecular formula is C16H21NO7. The molecule has 1 unspecified atom stereocenters. The van der Waals surface area contributed by atoms with E-state index in [2.05, 4.69) is 5.32 Å². The molecule has 0 radical (unpaired) electrons. The van der Waals surface area contributed by atoms with Crippen LogP contribution < -0.4 is 5.32 Å². The van der Waals surface area contributed by atoms with Gasteiger partial charge in [0.1, 0.15) is 6.10 Å². The number of esters is 2. The monoisotopic (exact) mass is 339 g/mol. The van der Waals surface area contributed by atoms with Gasteiger partial charge in [-0.3, -0.25) is 14.4 Å². The van der Waals surface area contributed by atoms with Crippen molar-refractivity contribution < 1.29 is 33.8 Å². The SMILES string of the molecule is CC1CC(=O)O[C@@H](C)C(=O)/C=C/C(=O)N[C@@H](C)[C@H](O)/C=C/C(=O)O1. The Labute approximate surface area is 139 Å². The Morgan fingerprint density at radius 3 is 2.38 bits per heavy atom. The predicted octanol–water partition coefficient (Wildman–Crippen LogP) is -0.199. The second-order valence-electron chi connectivity index (χ2n) is 5.47. The lowest BCUT2D eigenvalue weighted by molar-refractivity contribution is -0.157. The van der Waals surface area contributed by atoms with Crippen LogP contribution in [0.5, 0.6) is 0 Å². The summed E-state index contributed by atoms with van der Waals surface area (Å²) < 4.78 is 9.89. The van der Waals surface area contributed by atoms with Crippen LogP contribution in [-0.2, 0) is 28.7 Å². The largest absolute Gasteiger partial charge is 0.459 e. The van der Waals surface area contributed by atoms with Gasteiger partial charge in [0.2, 0.25) is 5.91 Å². The van der Waals surface area contributed by atoms with Crippen LogP contribution in [0.25, 0.3) is 0 Å². The Morgan fingerprint density at radius 1 is 1.04 bits per heavy atom. The number of cyclic esters (lactones) is 2. The number of aliphatic hydroxyl groups excluding tert-OH is 1. The summed E-state index contributed by atoms with van der Waals surface area (Å²) in [5, 5.41) is 12.3. The van der Waals surface area contributed by atoms with E-state index in [-0.39, 0.29) is 6.42 Å². The molecule has 0 fully saturated rings. The van der Waals surface area contributed by atoms with Crippen molar-refractivity contribution in [1.29, 1.82) is 0 Å². The molecule has 1 heterocycles. The van der Waals surface area contributed by atoms with Crippen LogP contribution in [0.15, 0.2) is 24.3 Å². The van der Waals surface area contributed by atoms with E-state index in [4.69, 9.17) is 9.47 Å². The zero-order valence-corrected chi connectivity index (χ0v) is 13.7. The molecule has 132 valence electrons. The number of aliphatic hydroxyl groups is 1. The third-order valence-electron chi connectivity index (χ3n) is 3.19. The Bertz CT molecular complexity index is 567. The molecule has 2 N–H and O–H groups in total. The third-order valence-corrected chi connectivity index (χ3v) is 3.19. The van der Waals surface area contributed by atoms with Crippen LogP contribution in [0.2, 0.25) is 0 Å². The van der Waals surface area contributed by atoms with Gasteiger partial charge in [-0.2, -0.15) is 0 Å². The highest BCUT2D eigenvalue weighted by Crippen LogP contribution is 2.05. The molecule has 1 aliphatic rings. The van der Waals surface area contributed by atoms with E-state index in [9.17, 15) is 24.3 Å². The summed E-state index contributed by atoms with van der Waals surface area (Å²) in [5.41, 5.74) is 0. The van der Waals surface area contributed by atoms with E-state index >= 15 is 0 Å². The van der Waals surface area contributed by atoms with Crippen LogP contribution in [-0.4, -0.2) is 53.1 Å². The maximum atomic E-state index is 11.8. The first kappa shape index (κ1) is 19.6. The average Bonchev–Trinajstić information content (AvgIpc) is 2.48. The van der Waals surface area contributed by atoms with E-state index < -0.39 is 48.0 Å². The minimum atomic E-state index is -1.13. The molecule has 1 amide bonds. The van der Waals surface area contributed by atoms with Gasteiger partial charge in [-0.15, -0.1) is 0 Å². The van der Waals surface area contributed by atoms with Crippen molar-refractivity contribution in [1.82, 2.24) is 5.32 Å².